The molecule has 1 fully saturated rings. The monoisotopic (exact) mass is 418 g/mol. The van der Waals surface area contributed by atoms with Crippen LogP contribution in [0.2, 0.25) is 0 Å². The van der Waals surface area contributed by atoms with Gasteiger partial charge in [-0.3, -0.25) is 0 Å². The molecule has 1 N–H and O–H groups in total. The van der Waals surface area contributed by atoms with Crippen molar-refractivity contribution in [1.29, 1.82) is 0 Å². The van der Waals surface area contributed by atoms with Gasteiger partial charge in [-0.2, -0.15) is 0 Å². The minimum Gasteiger partial charge on any atom is -0.308 e. The molecule has 1 aliphatic rings. The molecular weight excluding hydrogens is 396 g/mol. The van der Waals surface area contributed by atoms with Gasteiger partial charge in [0.05, 0.1) is 5.69 Å². The quantitative estimate of drug-likeness (QED) is 0.645. The number of carbonyl (C=O) groups is 1. The van der Waals surface area contributed by atoms with E-state index in [0.717, 1.165) is 22.5 Å². The first-order valence-electron chi connectivity index (χ1n) is 8.40. The van der Waals surface area contributed by atoms with Crippen molar-refractivity contribution in [2.75, 3.05) is 17.6 Å². The lowest BCUT2D eigenvalue weighted by atomic mass is 9.87. The van der Waals surface area contributed by atoms with E-state index in [0.29, 0.717) is 0 Å². The lowest BCUT2D eigenvalue weighted by Gasteiger charge is -2.26. The number of halogens is 1. The average molecular weight is 419 g/mol. The highest BCUT2D eigenvalue weighted by atomic mass is 79.9. The number of hydrogen-bond acceptors (Lipinski definition) is 2. The number of amides is 2. The van der Waals surface area contributed by atoms with E-state index in [4.69, 9.17) is 0 Å². The summed E-state index contributed by atoms with van der Waals surface area (Å²) in [5.74, 6) is 0.953. The van der Waals surface area contributed by atoms with E-state index in [2.05, 4.69) is 66.3 Å². The predicted molar refractivity (Wildman–Crippen MR) is 110 cm³/mol. The summed E-state index contributed by atoms with van der Waals surface area (Å²) in [5.41, 5.74) is 3.42. The molecule has 1 saturated heterocycles. The largest absolute Gasteiger partial charge is 0.323 e. The van der Waals surface area contributed by atoms with Gasteiger partial charge in [-0.1, -0.05) is 57.2 Å². The Morgan fingerprint density at radius 1 is 1.16 bits per heavy atom. The van der Waals surface area contributed by atoms with E-state index < -0.39 is 0 Å². The maximum Gasteiger partial charge on any atom is 0.323 e. The molecule has 2 aromatic carbocycles. The minimum absolute atomic E-state index is 0.0539. The fraction of sp³-hybridized carbons (Fsp3) is 0.350. The SMILES string of the molecule is CC(C)(C)c1ccc([C@H]2SCCN2C(=O)Nc2ccccc2Br)cc1. The topological polar surface area (TPSA) is 32.3 Å². The third kappa shape index (κ3) is 4.21. The number of anilines is 1. The minimum atomic E-state index is -0.0539. The highest BCUT2D eigenvalue weighted by molar-refractivity contribution is 9.10. The van der Waals surface area contributed by atoms with Crippen LogP contribution in [-0.2, 0) is 5.41 Å². The number of carbonyl (C=O) groups excluding carboxylic acids is 1. The van der Waals surface area contributed by atoms with Crippen LogP contribution in [0.1, 0.15) is 37.3 Å². The van der Waals surface area contributed by atoms with Crippen molar-refractivity contribution in [3.63, 3.8) is 0 Å². The van der Waals surface area contributed by atoms with Crippen molar-refractivity contribution in [2.45, 2.75) is 31.6 Å². The smallest absolute Gasteiger partial charge is 0.308 e. The Morgan fingerprint density at radius 2 is 1.84 bits per heavy atom. The third-order valence-electron chi connectivity index (χ3n) is 4.33. The number of thioether (sulfide) groups is 1. The van der Waals surface area contributed by atoms with Crippen LogP contribution in [0, 0.1) is 0 Å². The van der Waals surface area contributed by atoms with Crippen molar-refractivity contribution in [2.24, 2.45) is 0 Å². The molecule has 0 spiro atoms. The van der Waals surface area contributed by atoms with Crippen LogP contribution in [0.15, 0.2) is 53.0 Å². The molecule has 132 valence electrons. The first-order chi connectivity index (χ1) is 11.9. The zero-order valence-corrected chi connectivity index (χ0v) is 17.2. The number of para-hydroxylation sites is 1. The Kier molecular flexibility index (Phi) is 5.44. The molecule has 0 bridgehead atoms. The van der Waals surface area contributed by atoms with Crippen molar-refractivity contribution in [3.8, 4) is 0 Å². The molecular formula is C20H23BrN2OS. The van der Waals surface area contributed by atoms with E-state index in [-0.39, 0.29) is 16.8 Å². The summed E-state index contributed by atoms with van der Waals surface area (Å²) in [4.78, 5) is 14.7. The van der Waals surface area contributed by atoms with Crippen molar-refractivity contribution in [1.82, 2.24) is 4.90 Å². The molecule has 0 radical (unpaired) electrons. The van der Waals surface area contributed by atoms with Crippen molar-refractivity contribution >= 4 is 39.4 Å². The fourth-order valence-corrected chi connectivity index (χ4v) is 4.49. The van der Waals surface area contributed by atoms with Crippen LogP contribution in [0.5, 0.6) is 0 Å². The summed E-state index contributed by atoms with van der Waals surface area (Å²) < 4.78 is 0.890. The number of nitrogens with one attached hydrogen (secondary N) is 1. The van der Waals surface area contributed by atoms with Gasteiger partial charge < -0.3 is 10.2 Å². The second-order valence-electron chi connectivity index (χ2n) is 7.20. The maximum atomic E-state index is 12.8. The van der Waals surface area contributed by atoms with Crippen molar-refractivity contribution in [3.05, 3.63) is 64.1 Å². The molecule has 1 aliphatic heterocycles. The Bertz CT molecular complexity index is 755. The van der Waals surface area contributed by atoms with Crippen LogP contribution in [-0.4, -0.2) is 23.2 Å². The molecule has 1 heterocycles. The van der Waals surface area contributed by atoms with Gasteiger partial charge >= 0.3 is 6.03 Å². The summed E-state index contributed by atoms with van der Waals surface area (Å²) >= 11 is 5.29. The van der Waals surface area contributed by atoms with Crippen molar-refractivity contribution < 1.29 is 4.79 Å². The van der Waals surface area contributed by atoms with Crippen LogP contribution >= 0.6 is 27.7 Å². The lowest BCUT2D eigenvalue weighted by Crippen LogP contribution is -2.34. The molecule has 3 nitrogen and oxygen atoms in total. The second kappa shape index (κ2) is 7.42. The Morgan fingerprint density at radius 3 is 2.48 bits per heavy atom. The number of rotatable bonds is 2. The van der Waals surface area contributed by atoms with E-state index in [1.54, 1.807) is 0 Å². The highest BCUT2D eigenvalue weighted by Crippen LogP contribution is 2.39. The van der Waals surface area contributed by atoms with Crippen LogP contribution < -0.4 is 5.32 Å². The second-order valence-corrected chi connectivity index (χ2v) is 9.24. The lowest BCUT2D eigenvalue weighted by molar-refractivity contribution is 0.214. The normalized spacial score (nSPS) is 17.6. The molecule has 3 rings (SSSR count). The molecule has 25 heavy (non-hydrogen) atoms. The van der Waals surface area contributed by atoms with Gasteiger partial charge in [-0.05, 0) is 44.6 Å². The number of hydrogen-bond donors (Lipinski definition) is 1. The molecule has 1 atom stereocenters. The molecule has 5 heteroatoms. The third-order valence-corrected chi connectivity index (χ3v) is 6.28. The van der Waals surface area contributed by atoms with Gasteiger partial charge in [-0.15, -0.1) is 11.8 Å². The molecule has 0 aromatic heterocycles. The van der Waals surface area contributed by atoms with Gasteiger partial charge in [-0.25, -0.2) is 4.79 Å². The summed E-state index contributed by atoms with van der Waals surface area (Å²) in [6, 6.07) is 16.3. The summed E-state index contributed by atoms with van der Waals surface area (Å²) in [5, 5.41) is 3.08. The Labute approximate surface area is 162 Å². The van der Waals surface area contributed by atoms with Crippen LogP contribution in [0.4, 0.5) is 10.5 Å². The Hall–Kier alpha value is -1.46. The number of benzene rings is 2. The number of urea groups is 1. The predicted octanol–water partition coefficient (Wildman–Crippen LogP) is 6.03. The molecule has 2 amide bonds. The van der Waals surface area contributed by atoms with E-state index >= 15 is 0 Å². The first-order valence-corrected chi connectivity index (χ1v) is 10.2. The van der Waals surface area contributed by atoms with Gasteiger partial charge in [0.1, 0.15) is 5.37 Å². The molecule has 2 aromatic rings. The van der Waals surface area contributed by atoms with Crippen LogP contribution in [0.3, 0.4) is 0 Å². The Balaban J connectivity index is 1.76. The van der Waals surface area contributed by atoms with Gasteiger partial charge in [0.2, 0.25) is 0 Å². The van der Waals surface area contributed by atoms with Crippen LogP contribution in [0.25, 0.3) is 0 Å². The summed E-state index contributed by atoms with van der Waals surface area (Å²) in [6.45, 7) is 7.39. The van der Waals surface area contributed by atoms with Gasteiger partial charge in [0, 0.05) is 16.8 Å². The fourth-order valence-electron chi connectivity index (χ4n) is 2.85. The van der Waals surface area contributed by atoms with E-state index in [9.17, 15) is 4.79 Å². The first kappa shape index (κ1) is 18.3. The summed E-state index contributed by atoms with van der Waals surface area (Å²) in [6.07, 6.45) is 0. The zero-order valence-electron chi connectivity index (χ0n) is 14.8. The van der Waals surface area contributed by atoms with Gasteiger partial charge in [0.25, 0.3) is 0 Å². The average Bonchev–Trinajstić information content (AvgIpc) is 3.06. The maximum absolute atomic E-state index is 12.8. The molecule has 0 unspecified atom stereocenters. The van der Waals surface area contributed by atoms with Gasteiger partial charge in [0.15, 0.2) is 0 Å². The standard InChI is InChI=1S/C20H23BrN2OS/c1-20(2,3)15-10-8-14(9-11-15)18-23(12-13-25-18)19(24)22-17-7-5-4-6-16(17)21/h4-11,18H,12-13H2,1-3H3,(H,22,24)/t18-/m1/s1. The van der Waals surface area contributed by atoms with E-state index in [1.807, 2.05) is 40.9 Å². The summed E-state index contributed by atoms with van der Waals surface area (Å²) in [7, 11) is 0. The number of nitrogens with zero attached hydrogens (tertiary/aromatic N) is 1. The highest BCUT2D eigenvalue weighted by Gasteiger charge is 2.31. The zero-order chi connectivity index (χ0) is 18.0. The van der Waals surface area contributed by atoms with E-state index in [1.165, 1.54) is 11.1 Å². The molecule has 0 aliphatic carbocycles. The molecule has 0 saturated carbocycles.